The first-order valence-electron chi connectivity index (χ1n) is 5.68. The molecule has 2 heteroatoms. The van der Waals surface area contributed by atoms with Gasteiger partial charge >= 0.3 is 0 Å². The zero-order valence-electron chi connectivity index (χ0n) is 10.4. The summed E-state index contributed by atoms with van der Waals surface area (Å²) in [6.07, 6.45) is 15.8. The van der Waals surface area contributed by atoms with Crippen LogP contribution >= 0.6 is 0 Å². The van der Waals surface area contributed by atoms with Gasteiger partial charge in [0.25, 0.3) is 0 Å². The van der Waals surface area contributed by atoms with Crippen LogP contribution in [0.4, 0.5) is 0 Å². The standard InChI is InChI=1S/C14H19Si.Zr/c1-15(2,3)14(12-8-4-5-9-12)13-10-6-7-11-13;/h4-8,10H,9,11H2,1-3H3;/q-1;. The molecule has 0 radical (unpaired) electrons. The molecule has 0 spiro atoms. The van der Waals surface area contributed by atoms with Gasteiger partial charge in [-0.15, -0.1) is 12.2 Å². The Balaban J connectivity index is 0.00000128. The van der Waals surface area contributed by atoms with Crippen molar-refractivity contribution < 1.29 is 26.2 Å². The largest absolute Gasteiger partial charge is 0.155 e. The van der Waals surface area contributed by atoms with E-state index in [9.17, 15) is 0 Å². The molecule has 0 unspecified atom stereocenters. The molecule has 0 saturated carbocycles. The predicted molar refractivity (Wildman–Crippen MR) is 70.3 cm³/mol. The van der Waals surface area contributed by atoms with Crippen molar-refractivity contribution in [2.75, 3.05) is 0 Å². The zero-order chi connectivity index (χ0) is 10.9. The van der Waals surface area contributed by atoms with E-state index in [2.05, 4.69) is 56.1 Å². The minimum atomic E-state index is -1.22. The van der Waals surface area contributed by atoms with Gasteiger partial charge in [-0.05, 0) is 12.8 Å². The Labute approximate surface area is 119 Å². The summed E-state index contributed by atoms with van der Waals surface area (Å²) < 4.78 is 0. The average Bonchev–Trinajstić information content (AvgIpc) is 2.73. The molecule has 0 N–H and O–H groups in total. The quantitative estimate of drug-likeness (QED) is 0.541. The van der Waals surface area contributed by atoms with Crippen LogP contribution in [-0.4, -0.2) is 8.07 Å². The van der Waals surface area contributed by atoms with E-state index >= 15 is 0 Å². The van der Waals surface area contributed by atoms with Crippen molar-refractivity contribution in [2.45, 2.75) is 32.5 Å². The summed E-state index contributed by atoms with van der Waals surface area (Å²) in [7, 11) is -1.22. The Hall–Kier alpha value is -0.0700. The van der Waals surface area contributed by atoms with Gasteiger partial charge in [-0.25, -0.2) is 0 Å². The third kappa shape index (κ3) is 2.99. The van der Waals surface area contributed by atoms with Gasteiger partial charge in [0.15, 0.2) is 0 Å². The Bertz CT molecular complexity index is 337. The Morgan fingerprint density at radius 2 is 1.38 bits per heavy atom. The molecule has 84 valence electrons. The first kappa shape index (κ1) is 14.0. The maximum absolute atomic E-state index is 2.45. The predicted octanol–water partition coefficient (Wildman–Crippen LogP) is 4.21. The Morgan fingerprint density at radius 1 is 0.938 bits per heavy atom. The average molecular weight is 307 g/mol. The first-order chi connectivity index (χ1) is 7.09. The van der Waals surface area contributed by atoms with Crippen molar-refractivity contribution in [3.8, 4) is 0 Å². The normalized spacial score (nSPS) is 18.2. The zero-order valence-corrected chi connectivity index (χ0v) is 13.8. The molecule has 0 saturated heterocycles. The van der Waals surface area contributed by atoms with E-state index in [0.29, 0.717) is 0 Å². The van der Waals surface area contributed by atoms with Crippen LogP contribution in [0, 0.1) is 5.54 Å². The van der Waals surface area contributed by atoms with Crippen LogP contribution in [0.3, 0.4) is 0 Å². The van der Waals surface area contributed by atoms with Crippen LogP contribution in [0.25, 0.3) is 0 Å². The monoisotopic (exact) mass is 305 g/mol. The number of hydrogen-bond acceptors (Lipinski definition) is 0. The molecule has 2 rings (SSSR count). The van der Waals surface area contributed by atoms with Crippen LogP contribution in [0.1, 0.15) is 12.8 Å². The van der Waals surface area contributed by atoms with E-state index < -0.39 is 8.07 Å². The second kappa shape index (κ2) is 5.51. The second-order valence-corrected chi connectivity index (χ2v) is 10.3. The van der Waals surface area contributed by atoms with Crippen molar-refractivity contribution in [3.05, 3.63) is 53.1 Å². The van der Waals surface area contributed by atoms with Gasteiger partial charge in [0, 0.05) is 34.3 Å². The van der Waals surface area contributed by atoms with E-state index in [-0.39, 0.29) is 26.2 Å². The van der Waals surface area contributed by atoms with Crippen molar-refractivity contribution in [2.24, 2.45) is 0 Å². The topological polar surface area (TPSA) is 0 Å². The van der Waals surface area contributed by atoms with Crippen LogP contribution in [-0.2, 0) is 26.2 Å². The minimum Gasteiger partial charge on any atom is -0.155 e. The third-order valence-corrected chi connectivity index (χ3v) is 5.08. The SMILES string of the molecule is C[Si](C)(C)[C-](C1=CC=CC1)C1=CC=CC1.[Zr]. The van der Waals surface area contributed by atoms with E-state index in [1.54, 1.807) is 16.7 Å². The summed E-state index contributed by atoms with van der Waals surface area (Å²) in [5, 5.41) is 0. The molecule has 0 heterocycles. The molecule has 0 amide bonds. The fraction of sp³-hybridized carbons (Fsp3) is 0.357. The van der Waals surface area contributed by atoms with Gasteiger partial charge in [0.2, 0.25) is 0 Å². The van der Waals surface area contributed by atoms with Gasteiger partial charge < -0.3 is 0 Å². The molecule has 0 fully saturated rings. The van der Waals surface area contributed by atoms with E-state index in [4.69, 9.17) is 0 Å². The summed E-state index contributed by atoms with van der Waals surface area (Å²) in [4.78, 5) is 0. The molecular formula is C14H19SiZr-. The van der Waals surface area contributed by atoms with Crippen molar-refractivity contribution in [1.82, 2.24) is 0 Å². The number of allylic oxidation sites excluding steroid dienone is 8. The van der Waals surface area contributed by atoms with Gasteiger partial charge in [-0.3, -0.25) is 0 Å². The Kier molecular flexibility index (Phi) is 4.82. The van der Waals surface area contributed by atoms with Gasteiger partial charge in [-0.1, -0.05) is 31.8 Å². The van der Waals surface area contributed by atoms with Crippen molar-refractivity contribution in [1.29, 1.82) is 0 Å². The van der Waals surface area contributed by atoms with Gasteiger partial charge in [-0.2, -0.15) is 28.8 Å². The molecule has 0 aromatic heterocycles. The molecule has 16 heavy (non-hydrogen) atoms. The smallest absolute Gasteiger partial charge is 0.0153 e. The van der Waals surface area contributed by atoms with E-state index in [1.165, 1.54) is 0 Å². The van der Waals surface area contributed by atoms with Crippen LogP contribution in [0.15, 0.2) is 47.6 Å². The summed E-state index contributed by atoms with van der Waals surface area (Å²) in [6.45, 7) is 7.34. The van der Waals surface area contributed by atoms with E-state index in [0.717, 1.165) is 12.8 Å². The molecule has 2 aliphatic carbocycles. The maximum atomic E-state index is 2.45. The minimum absolute atomic E-state index is 0. The van der Waals surface area contributed by atoms with Gasteiger partial charge in [0.1, 0.15) is 0 Å². The maximum Gasteiger partial charge on any atom is 0.0153 e. The summed E-state index contributed by atoms with van der Waals surface area (Å²) in [5.74, 6) is 0. The molecule has 0 atom stereocenters. The molecule has 0 aliphatic heterocycles. The molecule has 0 aromatic rings. The van der Waals surface area contributed by atoms with Gasteiger partial charge in [0.05, 0.1) is 0 Å². The second-order valence-electron chi connectivity index (χ2n) is 5.27. The van der Waals surface area contributed by atoms with Crippen LogP contribution in [0.5, 0.6) is 0 Å². The fourth-order valence-electron chi connectivity index (χ4n) is 2.43. The number of rotatable bonds is 3. The summed E-state index contributed by atoms with van der Waals surface area (Å²) >= 11 is 0. The number of hydrogen-bond donors (Lipinski definition) is 0. The summed E-state index contributed by atoms with van der Waals surface area (Å²) in [5.41, 5.74) is 4.80. The van der Waals surface area contributed by atoms with Crippen molar-refractivity contribution >= 4 is 8.07 Å². The third-order valence-electron chi connectivity index (χ3n) is 2.93. The molecule has 2 aliphatic rings. The Morgan fingerprint density at radius 3 is 1.62 bits per heavy atom. The fourth-order valence-corrected chi connectivity index (χ4v) is 4.73. The van der Waals surface area contributed by atoms with Crippen LogP contribution < -0.4 is 0 Å². The van der Waals surface area contributed by atoms with Crippen molar-refractivity contribution in [3.63, 3.8) is 0 Å². The molecular weight excluding hydrogens is 287 g/mol. The molecule has 0 bridgehead atoms. The molecule has 0 nitrogen and oxygen atoms in total. The summed E-state index contributed by atoms with van der Waals surface area (Å²) in [6, 6.07) is 0. The first-order valence-corrected chi connectivity index (χ1v) is 9.18. The molecule has 0 aromatic carbocycles. The van der Waals surface area contributed by atoms with E-state index in [1.807, 2.05) is 0 Å². The van der Waals surface area contributed by atoms with Crippen LogP contribution in [0.2, 0.25) is 19.6 Å².